The highest BCUT2D eigenvalue weighted by Gasteiger charge is 2.22. The molecule has 0 aliphatic carbocycles. The van der Waals surface area contributed by atoms with Gasteiger partial charge in [0.25, 0.3) is 0 Å². The van der Waals surface area contributed by atoms with Crippen LogP contribution >= 0.6 is 0 Å². The second-order valence-electron chi connectivity index (χ2n) is 5.81. The van der Waals surface area contributed by atoms with E-state index in [-0.39, 0.29) is 11.9 Å². The molecule has 5 heteroatoms. The van der Waals surface area contributed by atoms with E-state index in [9.17, 15) is 4.79 Å². The van der Waals surface area contributed by atoms with Gasteiger partial charge in [0, 0.05) is 26.1 Å². The molecule has 1 aliphatic rings. The minimum absolute atomic E-state index is 0.179. The smallest absolute Gasteiger partial charge is 0.219 e. The largest absolute Gasteiger partial charge is 0.343 e. The van der Waals surface area contributed by atoms with Crippen LogP contribution in [0.4, 0.5) is 0 Å². The lowest BCUT2D eigenvalue weighted by Crippen LogP contribution is -2.44. The van der Waals surface area contributed by atoms with Crippen molar-refractivity contribution < 1.29 is 4.79 Å². The van der Waals surface area contributed by atoms with Gasteiger partial charge in [0.05, 0.1) is 17.1 Å². The van der Waals surface area contributed by atoms with Crippen molar-refractivity contribution in [3.8, 4) is 0 Å². The summed E-state index contributed by atoms with van der Waals surface area (Å²) in [4.78, 5) is 21.3. The molecule has 1 aromatic heterocycles. The van der Waals surface area contributed by atoms with E-state index >= 15 is 0 Å². The van der Waals surface area contributed by atoms with Gasteiger partial charge >= 0.3 is 0 Å². The first-order valence-corrected chi connectivity index (χ1v) is 7.59. The Hall–Kier alpha value is -1.88. The summed E-state index contributed by atoms with van der Waals surface area (Å²) < 4.78 is 0. The highest BCUT2D eigenvalue weighted by Crippen LogP contribution is 2.18. The maximum Gasteiger partial charge on any atom is 0.219 e. The molecule has 2 heterocycles. The van der Waals surface area contributed by atoms with E-state index in [0.29, 0.717) is 6.04 Å². The van der Waals surface area contributed by atoms with Crippen molar-refractivity contribution in [1.82, 2.24) is 20.2 Å². The van der Waals surface area contributed by atoms with E-state index in [1.54, 1.807) is 6.92 Å². The Bertz CT molecular complexity index is 595. The molecular formula is C16H22N4O. The van der Waals surface area contributed by atoms with E-state index in [2.05, 4.69) is 22.2 Å². The monoisotopic (exact) mass is 286 g/mol. The summed E-state index contributed by atoms with van der Waals surface area (Å²) in [6, 6.07) is 8.72. The normalized spacial score (nSPS) is 18.1. The van der Waals surface area contributed by atoms with Gasteiger partial charge in [-0.25, -0.2) is 4.98 Å². The van der Waals surface area contributed by atoms with Crippen molar-refractivity contribution in [2.45, 2.75) is 38.8 Å². The number of benzene rings is 1. The van der Waals surface area contributed by atoms with Crippen LogP contribution < -0.4 is 5.32 Å². The fraction of sp³-hybridized carbons (Fsp3) is 0.500. The maximum absolute atomic E-state index is 11.3. The number of nitrogens with one attached hydrogen (secondary N) is 2. The van der Waals surface area contributed by atoms with Crippen LogP contribution in [0.1, 0.15) is 38.6 Å². The average molecular weight is 286 g/mol. The van der Waals surface area contributed by atoms with Gasteiger partial charge in [-0.2, -0.15) is 0 Å². The quantitative estimate of drug-likeness (QED) is 0.909. The third-order valence-electron chi connectivity index (χ3n) is 4.24. The number of nitrogens with zero attached hydrogens (tertiary/aromatic N) is 2. The topological polar surface area (TPSA) is 61.0 Å². The van der Waals surface area contributed by atoms with Gasteiger partial charge in [-0.1, -0.05) is 12.1 Å². The second-order valence-corrected chi connectivity index (χ2v) is 5.81. The molecule has 0 bridgehead atoms. The number of carbonyl (C=O) groups excluding carboxylic acids is 1. The maximum atomic E-state index is 11.3. The fourth-order valence-electron chi connectivity index (χ4n) is 2.97. The number of amides is 1. The molecule has 0 spiro atoms. The summed E-state index contributed by atoms with van der Waals surface area (Å²) in [5.74, 6) is 1.16. The first-order chi connectivity index (χ1) is 10.1. The van der Waals surface area contributed by atoms with Crippen LogP contribution in [0.5, 0.6) is 0 Å². The lowest BCUT2D eigenvalue weighted by Gasteiger charge is -2.33. The third-order valence-corrected chi connectivity index (χ3v) is 4.24. The van der Waals surface area contributed by atoms with Crippen LogP contribution in [-0.2, 0) is 4.79 Å². The van der Waals surface area contributed by atoms with Gasteiger partial charge in [-0.15, -0.1) is 0 Å². The Morgan fingerprint density at radius 2 is 2.10 bits per heavy atom. The first-order valence-electron chi connectivity index (χ1n) is 7.59. The number of hydrogen-bond donors (Lipinski definition) is 2. The van der Waals surface area contributed by atoms with Gasteiger partial charge < -0.3 is 15.2 Å². The Morgan fingerprint density at radius 3 is 2.76 bits per heavy atom. The van der Waals surface area contributed by atoms with Crippen molar-refractivity contribution in [3.05, 3.63) is 30.1 Å². The predicted octanol–water partition coefficient (Wildman–Crippen LogP) is 2.22. The molecule has 1 saturated heterocycles. The molecule has 2 aromatic rings. The second kappa shape index (κ2) is 5.85. The molecular weight excluding hydrogens is 264 g/mol. The predicted molar refractivity (Wildman–Crippen MR) is 82.9 cm³/mol. The van der Waals surface area contributed by atoms with Crippen LogP contribution in [0.3, 0.4) is 0 Å². The molecule has 112 valence electrons. The molecule has 3 rings (SSSR count). The van der Waals surface area contributed by atoms with Gasteiger partial charge in [-0.3, -0.25) is 4.79 Å². The summed E-state index contributed by atoms with van der Waals surface area (Å²) in [5.41, 5.74) is 2.08. The first kappa shape index (κ1) is 14.1. The Labute approximate surface area is 124 Å². The lowest BCUT2D eigenvalue weighted by molar-refractivity contribution is -0.129. The molecule has 1 unspecified atom stereocenters. The SMILES string of the molecule is CC(=O)N1CCC(NC(C)c2nc3ccccc3[nH]2)CC1. The molecule has 1 atom stereocenters. The van der Waals surface area contributed by atoms with E-state index in [1.807, 2.05) is 29.2 Å². The minimum Gasteiger partial charge on any atom is -0.343 e. The summed E-state index contributed by atoms with van der Waals surface area (Å²) in [5, 5.41) is 3.62. The molecule has 1 aliphatic heterocycles. The number of rotatable bonds is 3. The third kappa shape index (κ3) is 3.08. The molecule has 21 heavy (non-hydrogen) atoms. The van der Waals surface area contributed by atoms with Crippen molar-refractivity contribution in [2.24, 2.45) is 0 Å². The summed E-state index contributed by atoms with van der Waals surface area (Å²) in [6.45, 7) is 5.47. The van der Waals surface area contributed by atoms with Crippen molar-refractivity contribution in [2.75, 3.05) is 13.1 Å². The number of aromatic nitrogens is 2. The molecule has 0 saturated carbocycles. The van der Waals surface area contributed by atoms with E-state index in [0.717, 1.165) is 42.8 Å². The molecule has 1 aromatic carbocycles. The minimum atomic E-state index is 0.179. The summed E-state index contributed by atoms with van der Waals surface area (Å²) >= 11 is 0. The van der Waals surface area contributed by atoms with Crippen LogP contribution in [0, 0.1) is 0 Å². The van der Waals surface area contributed by atoms with Crippen molar-refractivity contribution in [1.29, 1.82) is 0 Å². The number of fused-ring (bicyclic) bond motifs is 1. The van der Waals surface area contributed by atoms with Crippen LogP contribution in [0.25, 0.3) is 11.0 Å². The number of imidazole rings is 1. The highest BCUT2D eigenvalue weighted by atomic mass is 16.2. The van der Waals surface area contributed by atoms with Crippen molar-refractivity contribution >= 4 is 16.9 Å². The van der Waals surface area contributed by atoms with Crippen LogP contribution in [0.15, 0.2) is 24.3 Å². The summed E-state index contributed by atoms with van der Waals surface area (Å²) in [7, 11) is 0. The summed E-state index contributed by atoms with van der Waals surface area (Å²) in [6.07, 6.45) is 2.01. The lowest BCUT2D eigenvalue weighted by atomic mass is 10.0. The zero-order valence-corrected chi connectivity index (χ0v) is 12.6. The van der Waals surface area contributed by atoms with Crippen LogP contribution in [0.2, 0.25) is 0 Å². The Morgan fingerprint density at radius 1 is 1.38 bits per heavy atom. The van der Waals surface area contributed by atoms with Gasteiger partial charge in [0.1, 0.15) is 5.82 Å². The van der Waals surface area contributed by atoms with E-state index in [1.165, 1.54) is 0 Å². The number of piperidine rings is 1. The molecule has 1 fully saturated rings. The Balaban J connectivity index is 1.61. The van der Waals surface area contributed by atoms with Crippen molar-refractivity contribution in [3.63, 3.8) is 0 Å². The molecule has 2 N–H and O–H groups in total. The molecule has 5 nitrogen and oxygen atoms in total. The number of aromatic amines is 1. The van der Waals surface area contributed by atoms with Crippen LogP contribution in [-0.4, -0.2) is 39.9 Å². The van der Waals surface area contributed by atoms with E-state index in [4.69, 9.17) is 0 Å². The number of carbonyl (C=O) groups is 1. The zero-order chi connectivity index (χ0) is 14.8. The zero-order valence-electron chi connectivity index (χ0n) is 12.6. The number of likely N-dealkylation sites (tertiary alicyclic amines) is 1. The van der Waals surface area contributed by atoms with Gasteiger partial charge in [0.15, 0.2) is 0 Å². The van der Waals surface area contributed by atoms with Gasteiger partial charge in [-0.05, 0) is 31.9 Å². The highest BCUT2D eigenvalue weighted by molar-refractivity contribution is 5.74. The number of para-hydroxylation sites is 2. The van der Waals surface area contributed by atoms with E-state index < -0.39 is 0 Å². The number of H-pyrrole nitrogens is 1. The average Bonchev–Trinajstić information content (AvgIpc) is 2.92. The molecule has 1 amide bonds. The standard InChI is InChI=1S/C16H22N4O/c1-11(16-18-14-5-3-4-6-15(14)19-16)17-13-7-9-20(10-8-13)12(2)21/h3-6,11,13,17H,7-10H2,1-2H3,(H,18,19). The molecule has 0 radical (unpaired) electrons. The fourth-order valence-corrected chi connectivity index (χ4v) is 2.97. The Kier molecular flexibility index (Phi) is 3.92. The number of hydrogen-bond acceptors (Lipinski definition) is 3. The van der Waals surface area contributed by atoms with Gasteiger partial charge in [0.2, 0.25) is 5.91 Å².